The van der Waals surface area contributed by atoms with Gasteiger partial charge in [0.2, 0.25) is 0 Å². The van der Waals surface area contributed by atoms with Gasteiger partial charge in [-0.15, -0.1) is 5.10 Å². The van der Waals surface area contributed by atoms with Gasteiger partial charge in [0, 0.05) is 0 Å². The van der Waals surface area contributed by atoms with Crippen molar-refractivity contribution in [1.29, 1.82) is 0 Å². The van der Waals surface area contributed by atoms with Gasteiger partial charge in [-0.1, -0.05) is 26.0 Å². The number of hydrogen-bond donors (Lipinski definition) is 2. The van der Waals surface area contributed by atoms with Crippen molar-refractivity contribution in [3.8, 4) is 0 Å². The van der Waals surface area contributed by atoms with Crippen LogP contribution in [0, 0.1) is 5.92 Å². The van der Waals surface area contributed by atoms with E-state index in [-0.39, 0.29) is 18.3 Å². The van der Waals surface area contributed by atoms with E-state index in [9.17, 15) is 9.90 Å². The molecule has 0 saturated carbocycles. The molecule has 18 heavy (non-hydrogen) atoms. The molecule has 0 aliphatic rings. The average molecular weight is 255 g/mol. The summed E-state index contributed by atoms with van der Waals surface area (Å²) in [5.74, 6) is -0.586. The van der Waals surface area contributed by atoms with Crippen molar-refractivity contribution >= 4 is 5.97 Å². The summed E-state index contributed by atoms with van der Waals surface area (Å²) in [6, 6.07) is -0.201. The summed E-state index contributed by atoms with van der Waals surface area (Å²) < 4.78 is 1.56. The van der Waals surface area contributed by atoms with Gasteiger partial charge in [-0.2, -0.15) is 0 Å². The lowest BCUT2D eigenvalue weighted by Crippen LogP contribution is -2.18. The third kappa shape index (κ3) is 3.29. The Labute approximate surface area is 107 Å². The largest absolute Gasteiger partial charge is 0.476 e. The number of aromatic nitrogens is 3. The van der Waals surface area contributed by atoms with Gasteiger partial charge in [0.15, 0.2) is 5.69 Å². The lowest BCUT2D eigenvalue weighted by molar-refractivity contribution is 0.0688. The fraction of sp³-hybridized carbons (Fsp3) is 0.750. The maximum absolute atomic E-state index is 11.1. The van der Waals surface area contributed by atoms with E-state index in [0.29, 0.717) is 24.5 Å². The molecule has 1 heterocycles. The third-order valence-corrected chi connectivity index (χ3v) is 2.98. The second kappa shape index (κ2) is 6.49. The molecular formula is C12H21N3O3. The molecule has 0 aliphatic carbocycles. The normalized spacial score (nSPS) is 12.9. The zero-order valence-electron chi connectivity index (χ0n) is 11.1. The van der Waals surface area contributed by atoms with E-state index < -0.39 is 5.97 Å². The molecule has 2 N–H and O–H groups in total. The van der Waals surface area contributed by atoms with Crippen molar-refractivity contribution in [3.05, 3.63) is 11.4 Å². The zero-order chi connectivity index (χ0) is 13.7. The van der Waals surface area contributed by atoms with Crippen LogP contribution in [-0.4, -0.2) is 37.8 Å². The highest BCUT2D eigenvalue weighted by Gasteiger charge is 2.22. The lowest BCUT2D eigenvalue weighted by Gasteiger charge is -2.15. The number of aliphatic hydroxyl groups is 1. The van der Waals surface area contributed by atoms with Crippen molar-refractivity contribution in [3.63, 3.8) is 0 Å². The van der Waals surface area contributed by atoms with Crippen LogP contribution in [0.1, 0.15) is 55.8 Å². The minimum Gasteiger partial charge on any atom is -0.476 e. The van der Waals surface area contributed by atoms with Gasteiger partial charge in [0.25, 0.3) is 0 Å². The maximum atomic E-state index is 11.1. The van der Waals surface area contributed by atoms with Gasteiger partial charge in [-0.3, -0.25) is 0 Å². The standard InChI is InChI=1S/C12H21N3O3/c1-4-9(7-16)15-10(6-5-8(2)3)11(12(17)18)13-14-15/h8-9,16H,4-7H2,1-3H3,(H,17,18). The minimum absolute atomic E-state index is 0.00236. The quantitative estimate of drug-likeness (QED) is 0.771. The van der Waals surface area contributed by atoms with Gasteiger partial charge in [-0.25, -0.2) is 9.48 Å². The maximum Gasteiger partial charge on any atom is 0.358 e. The number of aliphatic hydroxyl groups excluding tert-OH is 1. The number of hydrogen-bond acceptors (Lipinski definition) is 4. The fourth-order valence-electron chi connectivity index (χ4n) is 1.81. The first-order valence-electron chi connectivity index (χ1n) is 6.29. The molecule has 0 aliphatic heterocycles. The van der Waals surface area contributed by atoms with Crippen LogP contribution < -0.4 is 0 Å². The van der Waals surface area contributed by atoms with Crippen LogP contribution in [0.2, 0.25) is 0 Å². The van der Waals surface area contributed by atoms with Crippen LogP contribution in [0.15, 0.2) is 0 Å². The smallest absolute Gasteiger partial charge is 0.358 e. The summed E-state index contributed by atoms with van der Waals surface area (Å²) in [6.45, 7) is 6.03. The fourth-order valence-corrected chi connectivity index (χ4v) is 1.81. The number of aromatic carboxylic acids is 1. The Bertz CT molecular complexity index is 397. The molecule has 0 saturated heterocycles. The highest BCUT2D eigenvalue weighted by Crippen LogP contribution is 2.18. The molecule has 0 spiro atoms. The number of nitrogens with zero attached hydrogens (tertiary/aromatic N) is 3. The third-order valence-electron chi connectivity index (χ3n) is 2.98. The van der Waals surface area contributed by atoms with Gasteiger partial charge in [0.05, 0.1) is 18.3 Å². The predicted molar refractivity (Wildman–Crippen MR) is 66.6 cm³/mol. The predicted octanol–water partition coefficient (Wildman–Crippen LogP) is 1.51. The van der Waals surface area contributed by atoms with Crippen LogP contribution in [0.3, 0.4) is 0 Å². The highest BCUT2D eigenvalue weighted by molar-refractivity contribution is 5.86. The molecule has 1 atom stereocenters. The SMILES string of the molecule is CCC(CO)n1nnc(C(=O)O)c1CCC(C)C. The van der Waals surface area contributed by atoms with Crippen LogP contribution in [0.25, 0.3) is 0 Å². The first kappa shape index (κ1) is 14.6. The second-order valence-electron chi connectivity index (χ2n) is 4.81. The summed E-state index contributed by atoms with van der Waals surface area (Å²) in [5, 5.41) is 26.0. The molecule has 0 amide bonds. The molecule has 1 rings (SSSR count). The van der Waals surface area contributed by atoms with E-state index in [4.69, 9.17) is 5.11 Å². The Morgan fingerprint density at radius 3 is 2.56 bits per heavy atom. The molecule has 6 heteroatoms. The van der Waals surface area contributed by atoms with E-state index in [1.54, 1.807) is 4.68 Å². The first-order chi connectivity index (χ1) is 8.51. The Morgan fingerprint density at radius 2 is 2.11 bits per heavy atom. The molecule has 0 bridgehead atoms. The topological polar surface area (TPSA) is 88.2 Å². The summed E-state index contributed by atoms with van der Waals surface area (Å²) in [4.78, 5) is 11.1. The first-order valence-corrected chi connectivity index (χ1v) is 6.29. The number of rotatable bonds is 7. The molecule has 1 aromatic rings. The van der Waals surface area contributed by atoms with E-state index in [0.717, 1.165) is 6.42 Å². The Hall–Kier alpha value is -1.43. The average Bonchev–Trinajstić information content (AvgIpc) is 2.72. The van der Waals surface area contributed by atoms with Gasteiger partial charge >= 0.3 is 5.97 Å². The lowest BCUT2D eigenvalue weighted by atomic mass is 10.0. The summed E-state index contributed by atoms with van der Waals surface area (Å²) in [5.41, 5.74) is 0.611. The van der Waals surface area contributed by atoms with Crippen molar-refractivity contribution in [2.24, 2.45) is 5.92 Å². The zero-order valence-corrected chi connectivity index (χ0v) is 11.1. The molecule has 1 unspecified atom stereocenters. The van der Waals surface area contributed by atoms with Gasteiger partial charge < -0.3 is 10.2 Å². The number of carbonyl (C=O) groups is 1. The number of carboxylic acids is 1. The Balaban J connectivity index is 3.06. The van der Waals surface area contributed by atoms with E-state index >= 15 is 0 Å². The molecule has 102 valence electrons. The van der Waals surface area contributed by atoms with Crippen LogP contribution in [0.4, 0.5) is 0 Å². The van der Waals surface area contributed by atoms with Crippen LogP contribution >= 0.6 is 0 Å². The van der Waals surface area contributed by atoms with Gasteiger partial charge in [-0.05, 0) is 25.2 Å². The summed E-state index contributed by atoms with van der Waals surface area (Å²) >= 11 is 0. The van der Waals surface area contributed by atoms with E-state index in [1.807, 2.05) is 6.92 Å². The molecule has 0 radical (unpaired) electrons. The van der Waals surface area contributed by atoms with E-state index in [1.165, 1.54) is 0 Å². The highest BCUT2D eigenvalue weighted by atomic mass is 16.4. The molecule has 6 nitrogen and oxygen atoms in total. The molecular weight excluding hydrogens is 234 g/mol. The Morgan fingerprint density at radius 1 is 1.44 bits per heavy atom. The van der Waals surface area contributed by atoms with Gasteiger partial charge in [0.1, 0.15) is 0 Å². The molecule has 0 fully saturated rings. The molecule has 1 aromatic heterocycles. The summed E-state index contributed by atoms with van der Waals surface area (Å²) in [6.07, 6.45) is 2.17. The minimum atomic E-state index is -1.06. The van der Waals surface area contributed by atoms with Crippen molar-refractivity contribution in [1.82, 2.24) is 15.0 Å². The number of carboxylic acid groups (broad SMARTS) is 1. The van der Waals surface area contributed by atoms with Crippen molar-refractivity contribution in [2.75, 3.05) is 6.61 Å². The molecule has 0 aromatic carbocycles. The van der Waals surface area contributed by atoms with Crippen LogP contribution in [-0.2, 0) is 6.42 Å². The van der Waals surface area contributed by atoms with E-state index in [2.05, 4.69) is 24.2 Å². The monoisotopic (exact) mass is 255 g/mol. The van der Waals surface area contributed by atoms with Crippen molar-refractivity contribution < 1.29 is 15.0 Å². The second-order valence-corrected chi connectivity index (χ2v) is 4.81. The Kier molecular flexibility index (Phi) is 5.27. The van der Waals surface area contributed by atoms with Crippen LogP contribution in [0.5, 0.6) is 0 Å². The summed E-state index contributed by atoms with van der Waals surface area (Å²) in [7, 11) is 0. The van der Waals surface area contributed by atoms with Crippen molar-refractivity contribution in [2.45, 2.75) is 46.1 Å².